The van der Waals surface area contributed by atoms with Gasteiger partial charge in [-0.2, -0.15) is 0 Å². The molecule has 0 amide bonds. The number of rotatable bonds is 1. The monoisotopic (exact) mass is 314 g/mol. The minimum absolute atomic E-state index is 0.776. The molecule has 1 aromatic carbocycles. The highest BCUT2D eigenvalue weighted by Crippen LogP contribution is 2.11. The fourth-order valence-electron chi connectivity index (χ4n) is 1.66. The van der Waals surface area contributed by atoms with Crippen LogP contribution >= 0.6 is 0 Å². The Labute approximate surface area is 141 Å². The lowest BCUT2D eigenvalue weighted by Crippen LogP contribution is -1.84. The molecule has 24 heavy (non-hydrogen) atoms. The highest BCUT2D eigenvalue weighted by Gasteiger charge is 1.95. The Morgan fingerprint density at radius 1 is 0.417 bits per heavy atom. The smallest absolute Gasteiger partial charge is 0.159 e. The molecule has 0 aliphatic carbocycles. The zero-order valence-electron chi connectivity index (χ0n) is 13.2. The number of pyridine rings is 2. The zero-order valence-corrected chi connectivity index (χ0v) is 13.2. The molecule has 3 aromatic heterocycles. The van der Waals surface area contributed by atoms with Gasteiger partial charge in [-0.3, -0.25) is 9.97 Å². The molecule has 0 unspecified atom stereocenters. The Kier molecular flexibility index (Phi) is 7.92. The molecule has 0 spiro atoms. The molecule has 0 aliphatic rings. The van der Waals surface area contributed by atoms with Crippen LogP contribution in [0.5, 0.6) is 0 Å². The first-order valence-electron chi connectivity index (χ1n) is 7.49. The van der Waals surface area contributed by atoms with E-state index < -0.39 is 0 Å². The second-order valence-corrected chi connectivity index (χ2v) is 4.49. The molecule has 4 heteroatoms. The van der Waals surface area contributed by atoms with Crippen LogP contribution in [0, 0.1) is 0 Å². The maximum Gasteiger partial charge on any atom is 0.159 e. The van der Waals surface area contributed by atoms with Crippen molar-refractivity contribution >= 4 is 0 Å². The highest BCUT2D eigenvalue weighted by atomic mass is 14.8. The Bertz CT molecular complexity index is 626. The lowest BCUT2D eigenvalue weighted by Gasteiger charge is -1.96. The van der Waals surface area contributed by atoms with Gasteiger partial charge >= 0.3 is 0 Å². The molecule has 0 bridgehead atoms. The van der Waals surface area contributed by atoms with Crippen LogP contribution in [0.15, 0.2) is 110 Å². The summed E-state index contributed by atoms with van der Waals surface area (Å²) in [5.74, 6) is 0.776. The third-order valence-electron chi connectivity index (χ3n) is 2.73. The van der Waals surface area contributed by atoms with Gasteiger partial charge in [-0.1, -0.05) is 42.5 Å². The normalized spacial score (nSPS) is 8.83. The summed E-state index contributed by atoms with van der Waals surface area (Å²) in [6.07, 6.45) is 10.5. The molecule has 0 fully saturated rings. The van der Waals surface area contributed by atoms with Crippen molar-refractivity contribution in [3.05, 3.63) is 110 Å². The van der Waals surface area contributed by atoms with E-state index in [4.69, 9.17) is 0 Å². The first-order chi connectivity index (χ1) is 12.0. The topological polar surface area (TPSA) is 51.6 Å². The van der Waals surface area contributed by atoms with Crippen LogP contribution in [0.25, 0.3) is 11.4 Å². The number of aromatic nitrogens is 4. The van der Waals surface area contributed by atoms with Crippen molar-refractivity contribution in [2.75, 3.05) is 0 Å². The van der Waals surface area contributed by atoms with E-state index in [2.05, 4.69) is 19.9 Å². The van der Waals surface area contributed by atoms with Crippen LogP contribution < -0.4 is 0 Å². The first-order valence-corrected chi connectivity index (χ1v) is 7.49. The summed E-state index contributed by atoms with van der Waals surface area (Å²) in [6.45, 7) is 0. The van der Waals surface area contributed by atoms with E-state index in [1.807, 2.05) is 72.8 Å². The molecular formula is C20H18N4. The van der Waals surface area contributed by atoms with E-state index in [1.54, 1.807) is 37.2 Å². The number of hydrogen-bond donors (Lipinski definition) is 0. The fraction of sp³-hybridized carbons (Fsp3) is 0. The van der Waals surface area contributed by atoms with Gasteiger partial charge in [-0.15, -0.1) is 0 Å². The van der Waals surface area contributed by atoms with Crippen LogP contribution in [0.3, 0.4) is 0 Å². The molecule has 0 N–H and O–H groups in total. The van der Waals surface area contributed by atoms with Gasteiger partial charge in [-0.05, 0) is 30.3 Å². The molecular weight excluding hydrogens is 296 g/mol. The van der Waals surface area contributed by atoms with Gasteiger partial charge in [0.2, 0.25) is 0 Å². The summed E-state index contributed by atoms with van der Waals surface area (Å²) >= 11 is 0. The standard InChI is InChI=1S/C10H8N2.2C5H5N/c1-2-5-9(6-3-1)10-11-7-4-8-12-10;2*1-2-4-6-5-3-1/h1-8H;2*1-5H. The minimum Gasteiger partial charge on any atom is -0.265 e. The maximum atomic E-state index is 4.14. The van der Waals surface area contributed by atoms with Gasteiger partial charge < -0.3 is 0 Å². The first kappa shape index (κ1) is 17.0. The van der Waals surface area contributed by atoms with E-state index in [1.165, 1.54) is 0 Å². The Morgan fingerprint density at radius 2 is 0.875 bits per heavy atom. The summed E-state index contributed by atoms with van der Waals surface area (Å²) in [5.41, 5.74) is 1.05. The average molecular weight is 314 g/mol. The van der Waals surface area contributed by atoms with Crippen molar-refractivity contribution in [1.29, 1.82) is 0 Å². The summed E-state index contributed by atoms with van der Waals surface area (Å²) in [5, 5.41) is 0. The van der Waals surface area contributed by atoms with E-state index in [9.17, 15) is 0 Å². The molecule has 0 saturated carbocycles. The van der Waals surface area contributed by atoms with Crippen LogP contribution in [0.1, 0.15) is 0 Å². The summed E-state index contributed by atoms with van der Waals surface area (Å²) < 4.78 is 0. The van der Waals surface area contributed by atoms with Crippen LogP contribution in [0.4, 0.5) is 0 Å². The zero-order chi connectivity index (χ0) is 16.7. The molecule has 0 atom stereocenters. The third kappa shape index (κ3) is 7.04. The van der Waals surface area contributed by atoms with Crippen LogP contribution in [-0.2, 0) is 0 Å². The van der Waals surface area contributed by atoms with Gasteiger partial charge in [-0.25, -0.2) is 9.97 Å². The number of benzene rings is 1. The lowest BCUT2D eigenvalue weighted by atomic mass is 10.2. The van der Waals surface area contributed by atoms with Crippen LogP contribution in [-0.4, -0.2) is 19.9 Å². The van der Waals surface area contributed by atoms with Crippen molar-refractivity contribution in [1.82, 2.24) is 19.9 Å². The second kappa shape index (κ2) is 11.2. The summed E-state index contributed by atoms with van der Waals surface area (Å²) in [7, 11) is 0. The molecule has 3 heterocycles. The largest absolute Gasteiger partial charge is 0.265 e. The predicted octanol–water partition coefficient (Wildman–Crippen LogP) is 4.31. The molecule has 4 nitrogen and oxygen atoms in total. The molecule has 4 rings (SSSR count). The molecule has 4 aromatic rings. The number of hydrogen-bond acceptors (Lipinski definition) is 4. The average Bonchev–Trinajstić information content (AvgIpc) is 2.73. The lowest BCUT2D eigenvalue weighted by molar-refractivity contribution is 1.18. The summed E-state index contributed by atoms with van der Waals surface area (Å²) in [6, 6.07) is 23.2. The second-order valence-electron chi connectivity index (χ2n) is 4.49. The van der Waals surface area contributed by atoms with Gasteiger partial charge in [0.1, 0.15) is 0 Å². The van der Waals surface area contributed by atoms with Gasteiger partial charge in [0.05, 0.1) is 0 Å². The molecule has 0 aliphatic heterocycles. The van der Waals surface area contributed by atoms with Crippen molar-refractivity contribution in [2.24, 2.45) is 0 Å². The van der Waals surface area contributed by atoms with E-state index >= 15 is 0 Å². The van der Waals surface area contributed by atoms with Crippen molar-refractivity contribution in [3.8, 4) is 11.4 Å². The van der Waals surface area contributed by atoms with Crippen molar-refractivity contribution in [2.45, 2.75) is 0 Å². The van der Waals surface area contributed by atoms with Gasteiger partial charge in [0.25, 0.3) is 0 Å². The van der Waals surface area contributed by atoms with E-state index in [0.717, 1.165) is 11.4 Å². The van der Waals surface area contributed by atoms with Gasteiger partial charge in [0, 0.05) is 42.7 Å². The fourth-order valence-corrected chi connectivity index (χ4v) is 1.66. The van der Waals surface area contributed by atoms with E-state index in [0.29, 0.717) is 0 Å². The van der Waals surface area contributed by atoms with Gasteiger partial charge in [0.15, 0.2) is 5.82 Å². The minimum atomic E-state index is 0.776. The molecule has 0 radical (unpaired) electrons. The van der Waals surface area contributed by atoms with E-state index in [-0.39, 0.29) is 0 Å². The van der Waals surface area contributed by atoms with Crippen molar-refractivity contribution in [3.63, 3.8) is 0 Å². The Balaban J connectivity index is 0.000000146. The molecule has 118 valence electrons. The highest BCUT2D eigenvalue weighted by molar-refractivity contribution is 5.53. The third-order valence-corrected chi connectivity index (χ3v) is 2.73. The Hall–Kier alpha value is -3.40. The van der Waals surface area contributed by atoms with Crippen molar-refractivity contribution < 1.29 is 0 Å². The maximum absolute atomic E-state index is 4.14. The molecule has 0 saturated heterocycles. The SMILES string of the molecule is c1ccc(-c2ncccn2)cc1.c1ccncc1.c1ccncc1. The number of nitrogens with zero attached hydrogens (tertiary/aromatic N) is 4. The Morgan fingerprint density at radius 3 is 1.25 bits per heavy atom. The predicted molar refractivity (Wildman–Crippen MR) is 95.9 cm³/mol. The van der Waals surface area contributed by atoms with Crippen LogP contribution in [0.2, 0.25) is 0 Å². The summed E-state index contributed by atoms with van der Waals surface area (Å²) in [4.78, 5) is 15.8. The quantitative estimate of drug-likeness (QED) is 0.525.